The van der Waals surface area contributed by atoms with Crippen LogP contribution < -0.4 is 4.90 Å². The summed E-state index contributed by atoms with van der Waals surface area (Å²) in [7, 11) is 2.04. The van der Waals surface area contributed by atoms with Crippen LogP contribution in [0, 0.1) is 5.92 Å². The largest absolute Gasteiger partial charge is 0.355 e. The van der Waals surface area contributed by atoms with Gasteiger partial charge in [0, 0.05) is 44.0 Å². The molecule has 0 aromatic carbocycles. The van der Waals surface area contributed by atoms with E-state index in [0.717, 1.165) is 49.5 Å². The van der Waals surface area contributed by atoms with E-state index < -0.39 is 0 Å². The minimum Gasteiger partial charge on any atom is -0.355 e. The summed E-state index contributed by atoms with van der Waals surface area (Å²) >= 11 is 5.71. The van der Waals surface area contributed by atoms with Crippen molar-refractivity contribution < 1.29 is 4.52 Å². The van der Waals surface area contributed by atoms with Crippen molar-refractivity contribution in [2.24, 2.45) is 16.1 Å². The lowest BCUT2D eigenvalue weighted by molar-refractivity contribution is 0.375. The average Bonchev–Trinajstić information content (AvgIpc) is 3.19. The molecular weight excluding hydrogens is 388 g/mol. The number of hydrogen-bond donors (Lipinski definition) is 0. The van der Waals surface area contributed by atoms with Crippen molar-refractivity contribution in [1.82, 2.24) is 15.0 Å². The first-order valence-corrected chi connectivity index (χ1v) is 10.2. The van der Waals surface area contributed by atoms with Crippen molar-refractivity contribution in [3.8, 4) is 0 Å². The predicted octanol–water partition coefficient (Wildman–Crippen LogP) is 4.47. The molecule has 154 valence electrons. The van der Waals surface area contributed by atoms with Crippen LogP contribution in [0.15, 0.2) is 57.3 Å². The summed E-state index contributed by atoms with van der Waals surface area (Å²) in [6.07, 6.45) is 9.98. The third-order valence-electron chi connectivity index (χ3n) is 5.25. The molecule has 1 atom stereocenters. The molecule has 2 aromatic rings. The van der Waals surface area contributed by atoms with E-state index in [1.54, 1.807) is 17.9 Å². The van der Waals surface area contributed by atoms with Crippen molar-refractivity contribution in [2.45, 2.75) is 32.2 Å². The molecule has 7 nitrogen and oxygen atoms in total. The SMILES string of the molecule is C=CC(C/C=C/Cl)N(C)/C(=N\N=C\C)C1CCN(c2noc3cccnc23)CC1. The monoisotopic (exact) mass is 414 g/mol. The average molecular weight is 415 g/mol. The fourth-order valence-corrected chi connectivity index (χ4v) is 3.76. The van der Waals surface area contributed by atoms with Gasteiger partial charge in [0.1, 0.15) is 5.84 Å². The van der Waals surface area contributed by atoms with Crippen LogP contribution >= 0.6 is 11.6 Å². The van der Waals surface area contributed by atoms with Gasteiger partial charge in [-0.15, -0.1) is 11.7 Å². The Kier molecular flexibility index (Phi) is 7.41. The molecule has 0 amide bonds. The highest BCUT2D eigenvalue weighted by molar-refractivity contribution is 6.25. The lowest BCUT2D eigenvalue weighted by Crippen LogP contribution is -2.44. The van der Waals surface area contributed by atoms with E-state index in [-0.39, 0.29) is 6.04 Å². The number of rotatable bonds is 7. The molecule has 0 N–H and O–H groups in total. The maximum Gasteiger partial charge on any atom is 0.198 e. The lowest BCUT2D eigenvalue weighted by Gasteiger charge is -2.36. The van der Waals surface area contributed by atoms with Crippen LogP contribution in [-0.4, -0.2) is 53.3 Å². The van der Waals surface area contributed by atoms with Gasteiger partial charge >= 0.3 is 0 Å². The number of aromatic nitrogens is 2. The first kappa shape index (κ1) is 21.0. The number of piperidine rings is 1. The second-order valence-electron chi connectivity index (χ2n) is 6.96. The zero-order valence-electron chi connectivity index (χ0n) is 16.9. The van der Waals surface area contributed by atoms with Gasteiger partial charge in [-0.1, -0.05) is 28.9 Å². The minimum absolute atomic E-state index is 0.109. The predicted molar refractivity (Wildman–Crippen MR) is 120 cm³/mol. The van der Waals surface area contributed by atoms with E-state index in [1.807, 2.05) is 38.3 Å². The smallest absolute Gasteiger partial charge is 0.198 e. The Morgan fingerprint density at radius 3 is 2.97 bits per heavy atom. The first-order valence-electron chi connectivity index (χ1n) is 9.81. The molecule has 0 aliphatic carbocycles. The molecular formula is C21H27ClN6O. The number of nitrogens with zero attached hydrogens (tertiary/aromatic N) is 6. The fraction of sp³-hybridized carbons (Fsp3) is 0.429. The van der Waals surface area contributed by atoms with Gasteiger partial charge in [0.05, 0.1) is 6.04 Å². The molecule has 0 radical (unpaired) electrons. The summed E-state index contributed by atoms with van der Waals surface area (Å²) in [6.45, 7) is 7.55. The van der Waals surface area contributed by atoms with Gasteiger partial charge in [0.2, 0.25) is 0 Å². The molecule has 0 bridgehead atoms. The molecule has 1 fully saturated rings. The van der Waals surface area contributed by atoms with Crippen LogP contribution in [0.3, 0.4) is 0 Å². The number of likely N-dealkylation sites (N-methyl/N-ethyl adjacent to an activating group) is 1. The summed E-state index contributed by atoms with van der Waals surface area (Å²) in [5, 5.41) is 12.9. The number of amidine groups is 1. The summed E-state index contributed by atoms with van der Waals surface area (Å²) in [5.41, 5.74) is 3.07. The topological polar surface area (TPSA) is 70.1 Å². The zero-order chi connectivity index (χ0) is 20.6. The molecule has 3 heterocycles. The fourth-order valence-electron chi connectivity index (χ4n) is 3.66. The van der Waals surface area contributed by atoms with E-state index in [0.29, 0.717) is 11.5 Å². The van der Waals surface area contributed by atoms with E-state index in [4.69, 9.17) is 16.1 Å². The minimum atomic E-state index is 0.109. The van der Waals surface area contributed by atoms with Crippen LogP contribution in [0.25, 0.3) is 11.1 Å². The molecule has 1 saturated heterocycles. The van der Waals surface area contributed by atoms with Crippen LogP contribution in [0.2, 0.25) is 0 Å². The molecule has 1 aliphatic rings. The van der Waals surface area contributed by atoms with Gasteiger partial charge in [-0.2, -0.15) is 5.10 Å². The van der Waals surface area contributed by atoms with Crippen LogP contribution in [0.1, 0.15) is 26.2 Å². The van der Waals surface area contributed by atoms with Crippen molar-refractivity contribution in [1.29, 1.82) is 0 Å². The van der Waals surface area contributed by atoms with E-state index in [1.165, 1.54) is 0 Å². The van der Waals surface area contributed by atoms with Crippen molar-refractivity contribution in [3.63, 3.8) is 0 Å². The molecule has 29 heavy (non-hydrogen) atoms. The Bertz CT molecular complexity index is 897. The molecule has 3 rings (SSSR count). The Morgan fingerprint density at radius 1 is 1.48 bits per heavy atom. The van der Waals surface area contributed by atoms with E-state index >= 15 is 0 Å². The Hall–Kier alpha value is -2.67. The third kappa shape index (κ3) is 4.85. The maximum atomic E-state index is 5.71. The number of pyridine rings is 1. The van der Waals surface area contributed by atoms with Crippen molar-refractivity contribution >= 4 is 40.6 Å². The second kappa shape index (κ2) is 10.2. The van der Waals surface area contributed by atoms with Crippen molar-refractivity contribution in [3.05, 3.63) is 42.6 Å². The Morgan fingerprint density at radius 2 is 2.28 bits per heavy atom. The second-order valence-corrected chi connectivity index (χ2v) is 7.21. The zero-order valence-corrected chi connectivity index (χ0v) is 17.7. The lowest BCUT2D eigenvalue weighted by atomic mass is 9.94. The van der Waals surface area contributed by atoms with E-state index in [9.17, 15) is 0 Å². The van der Waals surface area contributed by atoms with Crippen LogP contribution in [-0.2, 0) is 0 Å². The Labute approximate surface area is 176 Å². The third-order valence-corrected chi connectivity index (χ3v) is 5.42. The first-order chi connectivity index (χ1) is 14.2. The molecule has 0 saturated carbocycles. The van der Waals surface area contributed by atoms with Crippen molar-refractivity contribution in [2.75, 3.05) is 25.0 Å². The Balaban J connectivity index is 1.74. The number of anilines is 1. The summed E-state index contributed by atoms with van der Waals surface area (Å²) in [5.74, 6) is 2.08. The van der Waals surface area contributed by atoms with Gasteiger partial charge in [-0.05, 0) is 38.3 Å². The normalized spacial score (nSPS) is 17.5. The highest BCUT2D eigenvalue weighted by Crippen LogP contribution is 2.29. The summed E-state index contributed by atoms with van der Waals surface area (Å²) < 4.78 is 5.42. The summed E-state index contributed by atoms with van der Waals surface area (Å²) in [6, 6.07) is 3.85. The standard InChI is InChI=1S/C21H27ClN6O/c1-4-17(8-6-12-22)27(3)20(25-24-5-2)16-10-14-28(15-11-16)21-19-18(29-26-21)9-7-13-23-19/h4-7,9,12-13,16-17H,1,8,10-11,14-15H2,2-3H3/b12-6+,24-5+,25-20-. The molecule has 8 heteroatoms. The van der Waals surface area contributed by atoms with E-state index in [2.05, 4.69) is 36.7 Å². The maximum absolute atomic E-state index is 5.71. The van der Waals surface area contributed by atoms with Gasteiger partial charge in [-0.3, -0.25) is 0 Å². The molecule has 2 aromatic heterocycles. The highest BCUT2D eigenvalue weighted by Gasteiger charge is 2.29. The van der Waals surface area contributed by atoms with Gasteiger partial charge in [0.15, 0.2) is 16.9 Å². The summed E-state index contributed by atoms with van der Waals surface area (Å²) in [4.78, 5) is 8.82. The molecule has 0 spiro atoms. The number of halogens is 1. The highest BCUT2D eigenvalue weighted by atomic mass is 35.5. The van der Waals surface area contributed by atoms with Crippen LogP contribution in [0.5, 0.6) is 0 Å². The van der Waals surface area contributed by atoms with Gasteiger partial charge in [0.25, 0.3) is 0 Å². The van der Waals surface area contributed by atoms with Gasteiger partial charge < -0.3 is 14.3 Å². The number of hydrogen-bond acceptors (Lipinski definition) is 6. The quantitative estimate of drug-likeness (QED) is 0.289. The molecule has 1 aliphatic heterocycles. The van der Waals surface area contributed by atoms with Gasteiger partial charge in [-0.25, -0.2) is 4.98 Å². The molecule has 1 unspecified atom stereocenters. The van der Waals surface area contributed by atoms with Crippen LogP contribution in [0.4, 0.5) is 5.82 Å². The number of fused-ring (bicyclic) bond motifs is 1.